The second kappa shape index (κ2) is 7.51. The Bertz CT molecular complexity index is 373. The quantitative estimate of drug-likeness (QED) is 0.649. The highest BCUT2D eigenvalue weighted by molar-refractivity contribution is 6.67. The van der Waals surface area contributed by atoms with Gasteiger partial charge in [0.1, 0.15) is 0 Å². The molecule has 0 atom stereocenters. The molecule has 0 bridgehead atoms. The number of rotatable bonds is 8. The van der Waals surface area contributed by atoms with Gasteiger partial charge in [-0.05, 0) is 36.2 Å². The molecule has 0 N–H and O–H groups in total. The molecule has 0 saturated carbocycles. The van der Waals surface area contributed by atoms with E-state index >= 15 is 0 Å². The molecule has 100 valence electrons. The molecule has 0 aliphatic heterocycles. The molecule has 0 amide bonds. The largest absolute Gasteiger partial charge is 0.394 e. The van der Waals surface area contributed by atoms with E-state index in [1.807, 2.05) is 25.1 Å². The molecule has 1 rings (SSSR count). The van der Waals surface area contributed by atoms with Gasteiger partial charge in [-0.2, -0.15) is 0 Å². The highest BCUT2D eigenvalue weighted by Crippen LogP contribution is 2.20. The average Bonchev–Trinajstić information content (AvgIpc) is 2.44. The molecular formula is C15H24O2Si. The van der Waals surface area contributed by atoms with Gasteiger partial charge in [-0.3, -0.25) is 0 Å². The summed E-state index contributed by atoms with van der Waals surface area (Å²) >= 11 is 0. The molecule has 1 aromatic rings. The van der Waals surface area contributed by atoms with Crippen molar-refractivity contribution in [3.63, 3.8) is 0 Å². The van der Waals surface area contributed by atoms with E-state index in [1.165, 1.54) is 5.56 Å². The maximum atomic E-state index is 6.14. The van der Waals surface area contributed by atoms with Crippen molar-refractivity contribution in [2.24, 2.45) is 0 Å². The lowest BCUT2D eigenvalue weighted by atomic mass is 10.1. The molecule has 0 radical (unpaired) electrons. The SMILES string of the molecule is C=Cc1cccc(CO[Si](CC)(CC)OCC)c1. The van der Waals surface area contributed by atoms with Gasteiger partial charge in [-0.15, -0.1) is 0 Å². The van der Waals surface area contributed by atoms with E-state index < -0.39 is 8.56 Å². The molecule has 1 aromatic carbocycles. The minimum atomic E-state index is -1.98. The molecule has 3 heteroatoms. The normalized spacial score (nSPS) is 11.5. The Morgan fingerprint density at radius 1 is 1.17 bits per heavy atom. The molecule has 0 aliphatic rings. The maximum absolute atomic E-state index is 6.14. The molecular weight excluding hydrogens is 240 g/mol. The van der Waals surface area contributed by atoms with Gasteiger partial charge in [0.05, 0.1) is 6.61 Å². The molecule has 0 fully saturated rings. The van der Waals surface area contributed by atoms with Crippen LogP contribution in [0.5, 0.6) is 0 Å². The van der Waals surface area contributed by atoms with Crippen molar-refractivity contribution in [3.05, 3.63) is 42.0 Å². The zero-order valence-electron chi connectivity index (χ0n) is 11.7. The van der Waals surface area contributed by atoms with Crippen LogP contribution in [0, 0.1) is 0 Å². The van der Waals surface area contributed by atoms with Crippen molar-refractivity contribution in [1.29, 1.82) is 0 Å². The summed E-state index contributed by atoms with van der Waals surface area (Å²) in [7, 11) is -1.98. The number of benzene rings is 1. The zero-order chi connectivity index (χ0) is 13.4. The minimum Gasteiger partial charge on any atom is -0.394 e. The van der Waals surface area contributed by atoms with Crippen molar-refractivity contribution in [2.75, 3.05) is 6.61 Å². The lowest BCUT2D eigenvalue weighted by Crippen LogP contribution is -2.40. The Labute approximate surface area is 112 Å². The smallest absolute Gasteiger partial charge is 0.337 e. The summed E-state index contributed by atoms with van der Waals surface area (Å²) < 4.78 is 12.0. The lowest BCUT2D eigenvalue weighted by Gasteiger charge is -2.28. The Hall–Kier alpha value is -0.903. The van der Waals surface area contributed by atoms with Crippen LogP contribution in [0.3, 0.4) is 0 Å². The molecule has 0 unspecified atom stereocenters. The third-order valence-electron chi connectivity index (χ3n) is 3.17. The molecule has 18 heavy (non-hydrogen) atoms. The first-order valence-electron chi connectivity index (χ1n) is 6.69. The van der Waals surface area contributed by atoms with Crippen molar-refractivity contribution >= 4 is 14.6 Å². The van der Waals surface area contributed by atoms with E-state index in [1.54, 1.807) is 0 Å². The first kappa shape index (κ1) is 15.2. The van der Waals surface area contributed by atoms with Crippen LogP contribution < -0.4 is 0 Å². The molecule has 0 saturated heterocycles. The van der Waals surface area contributed by atoms with Crippen LogP contribution in [0.2, 0.25) is 12.1 Å². The highest BCUT2D eigenvalue weighted by atomic mass is 28.4. The van der Waals surface area contributed by atoms with Crippen molar-refractivity contribution in [2.45, 2.75) is 39.5 Å². The zero-order valence-corrected chi connectivity index (χ0v) is 12.7. The summed E-state index contributed by atoms with van der Waals surface area (Å²) in [5.41, 5.74) is 2.32. The minimum absolute atomic E-state index is 0.635. The van der Waals surface area contributed by atoms with Crippen LogP contribution in [-0.4, -0.2) is 15.2 Å². The fourth-order valence-corrected chi connectivity index (χ4v) is 4.34. The first-order valence-corrected chi connectivity index (χ1v) is 8.92. The van der Waals surface area contributed by atoms with Gasteiger partial charge in [0.15, 0.2) is 0 Å². The second-order valence-corrected chi connectivity index (χ2v) is 8.10. The fourth-order valence-electron chi connectivity index (χ4n) is 1.99. The lowest BCUT2D eigenvalue weighted by molar-refractivity contribution is 0.168. The van der Waals surface area contributed by atoms with E-state index in [0.29, 0.717) is 6.61 Å². The fraction of sp³-hybridized carbons (Fsp3) is 0.467. The molecule has 0 spiro atoms. The van der Waals surface area contributed by atoms with Gasteiger partial charge < -0.3 is 8.85 Å². The Balaban J connectivity index is 2.68. The van der Waals surface area contributed by atoms with Crippen LogP contribution in [0.15, 0.2) is 30.8 Å². The van der Waals surface area contributed by atoms with E-state index in [-0.39, 0.29) is 0 Å². The third kappa shape index (κ3) is 4.09. The first-order chi connectivity index (χ1) is 8.69. The van der Waals surface area contributed by atoms with Crippen LogP contribution in [0.25, 0.3) is 6.08 Å². The summed E-state index contributed by atoms with van der Waals surface area (Å²) in [4.78, 5) is 0. The monoisotopic (exact) mass is 264 g/mol. The van der Waals surface area contributed by atoms with Crippen molar-refractivity contribution in [1.82, 2.24) is 0 Å². The van der Waals surface area contributed by atoms with Crippen LogP contribution in [-0.2, 0) is 15.5 Å². The summed E-state index contributed by atoms with van der Waals surface area (Å²) in [5.74, 6) is 0. The summed E-state index contributed by atoms with van der Waals surface area (Å²) in [6.45, 7) is 11.5. The average molecular weight is 264 g/mol. The van der Waals surface area contributed by atoms with E-state index in [4.69, 9.17) is 8.85 Å². The topological polar surface area (TPSA) is 18.5 Å². The van der Waals surface area contributed by atoms with E-state index in [2.05, 4.69) is 32.6 Å². The van der Waals surface area contributed by atoms with Crippen molar-refractivity contribution < 1.29 is 8.85 Å². The Morgan fingerprint density at radius 2 is 1.89 bits per heavy atom. The van der Waals surface area contributed by atoms with Gasteiger partial charge >= 0.3 is 8.56 Å². The van der Waals surface area contributed by atoms with Gasteiger partial charge in [0.2, 0.25) is 0 Å². The Morgan fingerprint density at radius 3 is 2.44 bits per heavy atom. The predicted octanol–water partition coefficient (Wildman–Crippen LogP) is 4.36. The van der Waals surface area contributed by atoms with Gasteiger partial charge in [0.25, 0.3) is 0 Å². The molecule has 2 nitrogen and oxygen atoms in total. The maximum Gasteiger partial charge on any atom is 0.337 e. The molecule has 0 aliphatic carbocycles. The highest BCUT2D eigenvalue weighted by Gasteiger charge is 2.32. The van der Waals surface area contributed by atoms with Gasteiger partial charge in [0, 0.05) is 6.61 Å². The van der Waals surface area contributed by atoms with Gasteiger partial charge in [-0.25, -0.2) is 0 Å². The van der Waals surface area contributed by atoms with E-state index in [0.717, 1.165) is 24.3 Å². The standard InChI is InChI=1S/C15H24O2Si/c1-5-14-10-9-11-15(12-14)13-17-18(7-3,8-4)16-6-2/h5,9-12H,1,6-8,13H2,2-4H3. The van der Waals surface area contributed by atoms with Gasteiger partial charge in [-0.1, -0.05) is 44.7 Å². The van der Waals surface area contributed by atoms with Crippen LogP contribution in [0.1, 0.15) is 31.9 Å². The molecule has 0 aromatic heterocycles. The summed E-state index contributed by atoms with van der Waals surface area (Å²) in [5, 5.41) is 0. The van der Waals surface area contributed by atoms with Crippen molar-refractivity contribution in [3.8, 4) is 0 Å². The Kier molecular flexibility index (Phi) is 6.33. The molecule has 0 heterocycles. The summed E-state index contributed by atoms with van der Waals surface area (Å²) in [6.07, 6.45) is 1.86. The van der Waals surface area contributed by atoms with Crippen LogP contribution in [0.4, 0.5) is 0 Å². The second-order valence-electron chi connectivity index (χ2n) is 4.29. The van der Waals surface area contributed by atoms with Crippen LogP contribution >= 0.6 is 0 Å². The number of hydrogen-bond acceptors (Lipinski definition) is 2. The van der Waals surface area contributed by atoms with E-state index in [9.17, 15) is 0 Å². The summed E-state index contributed by atoms with van der Waals surface area (Å²) in [6, 6.07) is 10.3. The predicted molar refractivity (Wildman–Crippen MR) is 79.7 cm³/mol. The number of hydrogen-bond donors (Lipinski definition) is 0. The third-order valence-corrected chi connectivity index (χ3v) is 6.81.